The van der Waals surface area contributed by atoms with Crippen LogP contribution in [-0.4, -0.2) is 33.5 Å². The summed E-state index contributed by atoms with van der Waals surface area (Å²) in [7, 11) is 0. The predicted octanol–water partition coefficient (Wildman–Crippen LogP) is 2.83. The highest BCUT2D eigenvalue weighted by Gasteiger charge is 2.66. The highest BCUT2D eigenvalue weighted by Crippen LogP contribution is 2.60. The molecule has 0 aromatic heterocycles. The van der Waals surface area contributed by atoms with E-state index in [-0.39, 0.29) is 29.3 Å². The fourth-order valence-corrected chi connectivity index (χ4v) is 4.59. The fraction of sp³-hybridized carbons (Fsp3) is 0.700. The van der Waals surface area contributed by atoms with Crippen LogP contribution < -0.4 is 0 Å². The van der Waals surface area contributed by atoms with E-state index in [0.29, 0.717) is 18.4 Å². The molecule has 4 heteroatoms. The minimum absolute atomic E-state index is 0.101. The Bertz CT molecular complexity index is 603. The average Bonchev–Trinajstić information content (AvgIpc) is 2.52. The van der Waals surface area contributed by atoms with E-state index in [0.717, 1.165) is 0 Å². The summed E-state index contributed by atoms with van der Waals surface area (Å²) in [6.45, 7) is 12.9. The zero-order valence-corrected chi connectivity index (χ0v) is 15.4. The molecule has 2 rings (SSSR count). The van der Waals surface area contributed by atoms with Crippen LogP contribution in [0.5, 0.6) is 0 Å². The lowest BCUT2D eigenvalue weighted by Gasteiger charge is -2.59. The van der Waals surface area contributed by atoms with Crippen LogP contribution in [0.15, 0.2) is 24.3 Å². The first-order valence-electron chi connectivity index (χ1n) is 8.75. The van der Waals surface area contributed by atoms with Gasteiger partial charge < -0.3 is 10.2 Å². The van der Waals surface area contributed by atoms with Gasteiger partial charge >= 0.3 is 0 Å². The summed E-state index contributed by atoms with van der Waals surface area (Å²) in [4.78, 5) is 25.6. The van der Waals surface area contributed by atoms with Crippen LogP contribution in [0.3, 0.4) is 0 Å². The van der Waals surface area contributed by atoms with Gasteiger partial charge in [-0.25, -0.2) is 0 Å². The zero-order valence-electron chi connectivity index (χ0n) is 15.4. The molecule has 0 saturated heterocycles. The number of fused-ring (bicyclic) bond motifs is 1. The second kappa shape index (κ2) is 5.92. The van der Waals surface area contributed by atoms with Gasteiger partial charge in [0, 0.05) is 6.42 Å². The van der Waals surface area contributed by atoms with Crippen molar-refractivity contribution in [1.29, 1.82) is 0 Å². The maximum atomic E-state index is 13.1. The van der Waals surface area contributed by atoms with Crippen LogP contribution >= 0.6 is 0 Å². The minimum Gasteiger partial charge on any atom is -0.392 e. The maximum Gasteiger partial charge on any atom is 0.166 e. The van der Waals surface area contributed by atoms with E-state index in [1.807, 2.05) is 20.8 Å². The molecule has 1 saturated carbocycles. The second-order valence-electron chi connectivity index (χ2n) is 8.43. The van der Waals surface area contributed by atoms with Gasteiger partial charge in [0.1, 0.15) is 5.60 Å². The van der Waals surface area contributed by atoms with Gasteiger partial charge in [-0.15, -0.1) is 6.58 Å². The topological polar surface area (TPSA) is 74.6 Å². The summed E-state index contributed by atoms with van der Waals surface area (Å²) in [5, 5.41) is 22.4. The third kappa shape index (κ3) is 2.42. The number of carbonyl (C=O) groups excluding carboxylic acids is 2. The first-order chi connectivity index (χ1) is 10.9. The lowest BCUT2D eigenvalue weighted by atomic mass is 9.47. The quantitative estimate of drug-likeness (QED) is 0.775. The van der Waals surface area contributed by atoms with Crippen LogP contribution in [0.4, 0.5) is 0 Å². The van der Waals surface area contributed by atoms with Crippen molar-refractivity contribution in [2.45, 2.75) is 65.6 Å². The highest BCUT2D eigenvalue weighted by molar-refractivity contribution is 6.03. The van der Waals surface area contributed by atoms with Crippen molar-refractivity contribution in [2.75, 3.05) is 0 Å². The summed E-state index contributed by atoms with van der Waals surface area (Å²) in [5.74, 6) is -1.61. The van der Waals surface area contributed by atoms with Crippen LogP contribution in [0, 0.1) is 22.7 Å². The smallest absolute Gasteiger partial charge is 0.166 e. The van der Waals surface area contributed by atoms with Gasteiger partial charge in [-0.3, -0.25) is 9.59 Å². The van der Waals surface area contributed by atoms with Gasteiger partial charge in [0.2, 0.25) is 0 Å². The van der Waals surface area contributed by atoms with Gasteiger partial charge in [-0.05, 0) is 35.8 Å². The Labute approximate surface area is 144 Å². The molecular formula is C20H30O4. The Hall–Kier alpha value is -1.26. The summed E-state index contributed by atoms with van der Waals surface area (Å²) < 4.78 is 0. The average molecular weight is 334 g/mol. The van der Waals surface area contributed by atoms with Crippen molar-refractivity contribution in [3.8, 4) is 0 Å². The van der Waals surface area contributed by atoms with E-state index < -0.39 is 23.0 Å². The second-order valence-corrected chi connectivity index (χ2v) is 8.43. The lowest BCUT2D eigenvalue weighted by molar-refractivity contribution is -0.187. The summed E-state index contributed by atoms with van der Waals surface area (Å²) in [6, 6.07) is 0. The first kappa shape index (κ1) is 19.1. The zero-order chi connectivity index (χ0) is 18.5. The van der Waals surface area contributed by atoms with Gasteiger partial charge in [-0.1, -0.05) is 40.7 Å². The van der Waals surface area contributed by atoms with Crippen molar-refractivity contribution in [3.05, 3.63) is 24.3 Å². The van der Waals surface area contributed by atoms with E-state index in [9.17, 15) is 19.8 Å². The monoisotopic (exact) mass is 334 g/mol. The number of hydrogen-bond acceptors (Lipinski definition) is 4. The molecule has 0 bridgehead atoms. The fourth-order valence-electron chi connectivity index (χ4n) is 4.59. The molecule has 1 fully saturated rings. The molecule has 2 aliphatic carbocycles. The van der Waals surface area contributed by atoms with Gasteiger partial charge in [0.15, 0.2) is 11.6 Å². The number of aliphatic hydroxyl groups is 2. The Morgan fingerprint density at radius 2 is 2.04 bits per heavy atom. The predicted molar refractivity (Wildman–Crippen MR) is 93.3 cm³/mol. The number of hydrogen-bond donors (Lipinski definition) is 2. The summed E-state index contributed by atoms with van der Waals surface area (Å²) >= 11 is 0. The minimum atomic E-state index is -1.90. The molecule has 0 spiro atoms. The Morgan fingerprint density at radius 1 is 1.46 bits per heavy atom. The van der Waals surface area contributed by atoms with Crippen molar-refractivity contribution in [3.63, 3.8) is 0 Å². The van der Waals surface area contributed by atoms with E-state index in [1.165, 1.54) is 0 Å². The number of rotatable bonds is 4. The standard InChI is InChI=1S/C20H30O4/c1-7-12(2)10-17(23)20(24)13(3)14(21)11-15-18(4,5)9-8-16(22)19(15,20)6/h7,11-13,16,22,24H,1,8-10H2,2-6H3/t12-,13+,16+,19-,20+/m1/s1. The van der Waals surface area contributed by atoms with Crippen molar-refractivity contribution in [1.82, 2.24) is 0 Å². The molecule has 0 aliphatic heterocycles. The van der Waals surface area contributed by atoms with Crippen LogP contribution in [0.1, 0.15) is 53.9 Å². The van der Waals surface area contributed by atoms with E-state index in [4.69, 9.17) is 0 Å². The molecule has 2 aliphatic rings. The Kier molecular flexibility index (Phi) is 4.70. The largest absolute Gasteiger partial charge is 0.392 e. The lowest BCUT2D eigenvalue weighted by Crippen LogP contribution is -2.68. The van der Waals surface area contributed by atoms with Crippen LogP contribution in [0.2, 0.25) is 0 Å². The van der Waals surface area contributed by atoms with E-state index in [1.54, 1.807) is 26.0 Å². The molecule has 24 heavy (non-hydrogen) atoms. The van der Waals surface area contributed by atoms with Gasteiger partial charge in [0.25, 0.3) is 0 Å². The molecule has 134 valence electrons. The molecule has 0 heterocycles. The summed E-state index contributed by atoms with van der Waals surface area (Å²) in [6.07, 6.45) is 3.68. The molecule has 4 nitrogen and oxygen atoms in total. The SMILES string of the molecule is C=C[C@@H](C)CC(=O)[C@@]1(O)[C@@H](C)C(=O)C=C2C(C)(C)CC[C@H](O)[C@@]21C. The molecule has 0 unspecified atom stereocenters. The molecule has 0 aromatic rings. The number of aliphatic hydroxyl groups excluding tert-OH is 1. The van der Waals surface area contributed by atoms with Crippen molar-refractivity contribution < 1.29 is 19.8 Å². The normalized spacial score (nSPS) is 39.6. The summed E-state index contributed by atoms with van der Waals surface area (Å²) in [5.41, 5.74) is -2.70. The third-order valence-corrected chi connectivity index (χ3v) is 6.46. The van der Waals surface area contributed by atoms with Crippen molar-refractivity contribution >= 4 is 11.6 Å². The molecule has 0 radical (unpaired) electrons. The van der Waals surface area contributed by atoms with Crippen LogP contribution in [-0.2, 0) is 9.59 Å². The highest BCUT2D eigenvalue weighted by atomic mass is 16.3. The molecule has 0 aromatic carbocycles. The van der Waals surface area contributed by atoms with Crippen LogP contribution in [0.25, 0.3) is 0 Å². The Morgan fingerprint density at radius 3 is 2.58 bits per heavy atom. The number of Topliss-reactive ketones (excluding diaryl/α,β-unsaturated/α-hetero) is 1. The molecular weight excluding hydrogens is 304 g/mol. The first-order valence-corrected chi connectivity index (χ1v) is 8.75. The number of allylic oxidation sites excluding steroid dienone is 2. The number of carbonyl (C=O) groups is 2. The van der Waals surface area contributed by atoms with Gasteiger partial charge in [0.05, 0.1) is 17.4 Å². The van der Waals surface area contributed by atoms with E-state index >= 15 is 0 Å². The van der Waals surface area contributed by atoms with Crippen molar-refractivity contribution in [2.24, 2.45) is 22.7 Å². The third-order valence-electron chi connectivity index (χ3n) is 6.46. The number of ketones is 2. The molecule has 2 N–H and O–H groups in total. The van der Waals surface area contributed by atoms with E-state index in [2.05, 4.69) is 6.58 Å². The van der Waals surface area contributed by atoms with Gasteiger partial charge in [-0.2, -0.15) is 0 Å². The molecule has 5 atom stereocenters. The Balaban J connectivity index is 2.65. The molecule has 0 amide bonds. The maximum absolute atomic E-state index is 13.1.